The average molecular weight is 453 g/mol. The van der Waals surface area contributed by atoms with Crippen LogP contribution in [0.3, 0.4) is 0 Å². The number of benzene rings is 3. The Balaban J connectivity index is 1.64. The lowest BCUT2D eigenvalue weighted by atomic mass is 9.98. The molecule has 5 heteroatoms. The summed E-state index contributed by atoms with van der Waals surface area (Å²) in [7, 11) is 0. The van der Waals surface area contributed by atoms with Crippen molar-refractivity contribution < 1.29 is 14.3 Å². The number of rotatable bonds is 5. The molecule has 0 N–H and O–H groups in total. The van der Waals surface area contributed by atoms with E-state index in [1.165, 1.54) is 10.5 Å². The predicted molar refractivity (Wildman–Crippen MR) is 135 cm³/mol. The number of hydrogen-bond acceptors (Lipinski definition) is 4. The highest BCUT2D eigenvalue weighted by atomic mass is 16.5. The van der Waals surface area contributed by atoms with E-state index in [-0.39, 0.29) is 17.9 Å². The first-order valence-corrected chi connectivity index (χ1v) is 11.8. The van der Waals surface area contributed by atoms with Gasteiger partial charge >= 0.3 is 0 Å². The van der Waals surface area contributed by atoms with Crippen LogP contribution in [0.5, 0.6) is 5.75 Å². The molecule has 0 saturated carbocycles. The number of hydrogen-bond donors (Lipinski definition) is 0. The quantitative estimate of drug-likeness (QED) is 0.479. The van der Waals surface area contributed by atoms with Crippen molar-refractivity contribution in [3.05, 3.63) is 95.2 Å². The van der Waals surface area contributed by atoms with Crippen LogP contribution in [0, 0.1) is 6.92 Å². The standard InChI is InChI=1S/C29H28N2O3/c1-19(2)34-24-16-12-22(13-17-24)26-27(30-18-6-8-21-7-4-5-9-25(21)30)29(33)31(28(26)32)23-14-10-20(3)11-15-23/h4-5,7,9-17,19H,6,8,18H2,1-3H3. The van der Waals surface area contributed by atoms with E-state index in [9.17, 15) is 9.59 Å². The molecule has 0 atom stereocenters. The molecule has 172 valence electrons. The minimum atomic E-state index is -0.301. The smallest absolute Gasteiger partial charge is 0.282 e. The zero-order valence-corrected chi connectivity index (χ0v) is 19.7. The van der Waals surface area contributed by atoms with Crippen molar-refractivity contribution in [3.63, 3.8) is 0 Å². The van der Waals surface area contributed by atoms with Crippen molar-refractivity contribution in [1.82, 2.24) is 0 Å². The zero-order chi connectivity index (χ0) is 23.8. The van der Waals surface area contributed by atoms with Crippen molar-refractivity contribution in [2.24, 2.45) is 0 Å². The molecule has 0 aliphatic carbocycles. The maximum absolute atomic E-state index is 13.9. The van der Waals surface area contributed by atoms with Crippen molar-refractivity contribution in [2.45, 2.75) is 39.7 Å². The summed E-state index contributed by atoms with van der Waals surface area (Å²) in [4.78, 5) is 31.0. The van der Waals surface area contributed by atoms with Crippen molar-refractivity contribution in [3.8, 4) is 5.75 Å². The molecule has 5 nitrogen and oxygen atoms in total. The van der Waals surface area contributed by atoms with Crippen LogP contribution in [-0.2, 0) is 16.0 Å². The summed E-state index contributed by atoms with van der Waals surface area (Å²) in [6.45, 7) is 6.62. The van der Waals surface area contributed by atoms with Crippen molar-refractivity contribution in [1.29, 1.82) is 0 Å². The summed E-state index contributed by atoms with van der Waals surface area (Å²) in [5.74, 6) is 0.142. The van der Waals surface area contributed by atoms with E-state index in [2.05, 4.69) is 6.07 Å². The van der Waals surface area contributed by atoms with Crippen LogP contribution >= 0.6 is 0 Å². The van der Waals surface area contributed by atoms with Gasteiger partial charge in [0.05, 0.1) is 17.4 Å². The number of carbonyl (C=O) groups excluding carboxylic acids is 2. The zero-order valence-electron chi connectivity index (χ0n) is 19.7. The molecular weight excluding hydrogens is 424 g/mol. The van der Waals surface area contributed by atoms with Crippen LogP contribution in [0.25, 0.3) is 5.57 Å². The second-order valence-corrected chi connectivity index (χ2v) is 9.08. The Morgan fingerprint density at radius 3 is 2.26 bits per heavy atom. The number of para-hydroxylation sites is 1. The second-order valence-electron chi connectivity index (χ2n) is 9.08. The molecule has 0 bridgehead atoms. The van der Waals surface area contributed by atoms with Crippen LogP contribution < -0.4 is 14.5 Å². The fraction of sp³-hybridized carbons (Fsp3) is 0.241. The van der Waals surface area contributed by atoms with Crippen LogP contribution in [0.4, 0.5) is 11.4 Å². The minimum Gasteiger partial charge on any atom is -0.491 e. The lowest BCUT2D eigenvalue weighted by Crippen LogP contribution is -2.37. The number of aryl methyl sites for hydroxylation is 2. The molecule has 2 heterocycles. The van der Waals surface area contributed by atoms with Gasteiger partial charge in [-0.15, -0.1) is 0 Å². The van der Waals surface area contributed by atoms with Gasteiger partial charge in [0, 0.05) is 12.2 Å². The van der Waals surface area contributed by atoms with E-state index in [4.69, 9.17) is 4.74 Å². The third kappa shape index (κ3) is 3.87. The summed E-state index contributed by atoms with van der Waals surface area (Å²) < 4.78 is 5.78. The van der Waals surface area contributed by atoms with E-state index >= 15 is 0 Å². The lowest BCUT2D eigenvalue weighted by molar-refractivity contribution is -0.120. The van der Waals surface area contributed by atoms with Crippen LogP contribution in [0.1, 0.15) is 37.0 Å². The van der Waals surface area contributed by atoms with E-state index < -0.39 is 0 Å². The maximum Gasteiger partial charge on any atom is 0.282 e. The monoisotopic (exact) mass is 452 g/mol. The van der Waals surface area contributed by atoms with Crippen molar-refractivity contribution >= 4 is 28.8 Å². The molecule has 0 radical (unpaired) electrons. The van der Waals surface area contributed by atoms with E-state index in [0.717, 1.165) is 29.8 Å². The Hall–Kier alpha value is -3.86. The first kappa shape index (κ1) is 22.0. The van der Waals surface area contributed by atoms with Crippen LogP contribution in [0.2, 0.25) is 0 Å². The van der Waals surface area contributed by atoms with Gasteiger partial charge in [0.2, 0.25) is 0 Å². The predicted octanol–water partition coefficient (Wildman–Crippen LogP) is 5.52. The Kier molecular flexibility index (Phi) is 5.70. The molecule has 2 aliphatic rings. The van der Waals surface area contributed by atoms with Gasteiger partial charge in [0.25, 0.3) is 11.8 Å². The number of ether oxygens (including phenoxy) is 1. The highest BCUT2D eigenvalue weighted by Crippen LogP contribution is 2.39. The Morgan fingerprint density at radius 1 is 0.853 bits per heavy atom. The van der Waals surface area contributed by atoms with Gasteiger partial charge in [-0.1, -0.05) is 48.0 Å². The minimum absolute atomic E-state index is 0.0530. The highest BCUT2D eigenvalue weighted by molar-refractivity contribution is 6.46. The normalized spacial score (nSPS) is 15.9. The number of fused-ring (bicyclic) bond motifs is 1. The molecule has 0 unspecified atom stereocenters. The summed E-state index contributed by atoms with van der Waals surface area (Å²) in [6.07, 6.45) is 1.93. The third-order valence-electron chi connectivity index (χ3n) is 6.25. The number of amides is 2. The number of imide groups is 1. The Bertz CT molecular complexity index is 1270. The molecule has 0 aromatic heterocycles. The molecular formula is C29H28N2O3. The third-order valence-corrected chi connectivity index (χ3v) is 6.25. The first-order chi connectivity index (χ1) is 16.4. The van der Waals surface area contributed by atoms with Gasteiger partial charge in [0.1, 0.15) is 11.4 Å². The molecule has 0 saturated heterocycles. The van der Waals surface area contributed by atoms with Crippen molar-refractivity contribution in [2.75, 3.05) is 16.3 Å². The molecule has 2 amide bonds. The number of carbonyl (C=O) groups is 2. The van der Waals surface area contributed by atoms with Gasteiger partial charge in [-0.3, -0.25) is 9.59 Å². The Labute approximate surface area is 200 Å². The van der Waals surface area contributed by atoms with Gasteiger partial charge in [0.15, 0.2) is 0 Å². The number of nitrogens with zero attached hydrogens (tertiary/aromatic N) is 2. The first-order valence-electron chi connectivity index (χ1n) is 11.8. The van der Waals surface area contributed by atoms with Gasteiger partial charge in [-0.05, 0) is 75.1 Å². The molecule has 2 aliphatic heterocycles. The second kappa shape index (κ2) is 8.82. The van der Waals surface area contributed by atoms with E-state index in [0.29, 0.717) is 29.1 Å². The average Bonchev–Trinajstić information content (AvgIpc) is 3.09. The fourth-order valence-electron chi connectivity index (χ4n) is 4.70. The van der Waals surface area contributed by atoms with Gasteiger partial charge in [-0.25, -0.2) is 4.90 Å². The molecule has 3 aromatic carbocycles. The largest absolute Gasteiger partial charge is 0.491 e. The SMILES string of the molecule is Cc1ccc(N2C(=O)C(c3ccc(OC(C)C)cc3)=C(N3CCCc4ccccc43)C2=O)cc1. The molecule has 5 rings (SSSR count). The van der Waals surface area contributed by atoms with Gasteiger partial charge < -0.3 is 9.64 Å². The van der Waals surface area contributed by atoms with E-state index in [1.54, 1.807) is 0 Å². The van der Waals surface area contributed by atoms with Crippen LogP contribution in [0.15, 0.2) is 78.5 Å². The highest BCUT2D eigenvalue weighted by Gasteiger charge is 2.43. The van der Waals surface area contributed by atoms with Gasteiger partial charge in [-0.2, -0.15) is 0 Å². The van der Waals surface area contributed by atoms with E-state index in [1.807, 2.05) is 92.4 Å². The summed E-state index contributed by atoms with van der Waals surface area (Å²) >= 11 is 0. The molecule has 3 aromatic rings. The maximum atomic E-state index is 13.9. The Morgan fingerprint density at radius 2 is 1.56 bits per heavy atom. The fourth-order valence-corrected chi connectivity index (χ4v) is 4.70. The topological polar surface area (TPSA) is 49.9 Å². The number of anilines is 2. The molecule has 34 heavy (non-hydrogen) atoms. The lowest BCUT2D eigenvalue weighted by Gasteiger charge is -2.32. The summed E-state index contributed by atoms with van der Waals surface area (Å²) in [5.41, 5.74) is 5.42. The summed E-state index contributed by atoms with van der Waals surface area (Å²) in [5, 5.41) is 0. The molecule has 0 spiro atoms. The summed E-state index contributed by atoms with van der Waals surface area (Å²) in [6, 6.07) is 23.1. The van der Waals surface area contributed by atoms with Crippen LogP contribution in [-0.4, -0.2) is 24.5 Å². The molecule has 0 fully saturated rings.